The molecule has 0 aliphatic heterocycles. The monoisotopic (exact) mass is 647 g/mol. The lowest BCUT2D eigenvalue weighted by Gasteiger charge is -2.34. The number of aryl methyl sites for hydroxylation is 1. The second-order valence-electron chi connectivity index (χ2n) is 11.9. The summed E-state index contributed by atoms with van der Waals surface area (Å²) >= 11 is 6.38. The number of hydrogen-bond donors (Lipinski definition) is 0. The Morgan fingerprint density at radius 2 is 1.23 bits per heavy atom. The van der Waals surface area contributed by atoms with Gasteiger partial charge in [0.2, 0.25) is 5.82 Å². The molecule has 5 aromatic carbocycles. The summed E-state index contributed by atoms with van der Waals surface area (Å²) in [5, 5.41) is 15.1. The Labute approximate surface area is 286 Å². The van der Waals surface area contributed by atoms with Gasteiger partial charge in [-0.15, -0.1) is 15.0 Å². The van der Waals surface area contributed by atoms with Gasteiger partial charge in [0.25, 0.3) is 0 Å². The van der Waals surface area contributed by atoms with Crippen LogP contribution in [0, 0.1) is 6.92 Å². The Kier molecular flexibility index (Phi) is 8.99. The summed E-state index contributed by atoms with van der Waals surface area (Å²) in [5.74, 6) is 1.53. The van der Waals surface area contributed by atoms with Crippen molar-refractivity contribution in [1.82, 2.24) is 29.8 Å². The second-order valence-corrected chi connectivity index (χ2v) is 12.3. The lowest BCUT2D eigenvalue weighted by atomic mass is 9.77. The Hall–Kier alpha value is -5.33. The Morgan fingerprint density at radius 1 is 0.688 bits per heavy atom. The van der Waals surface area contributed by atoms with Crippen LogP contribution in [0.5, 0.6) is 0 Å². The maximum Gasteiger partial charge on any atom is 0.205 e. The van der Waals surface area contributed by atoms with E-state index in [2.05, 4.69) is 133 Å². The fourth-order valence-electron chi connectivity index (χ4n) is 6.47. The SMILES string of the molecule is [CH2]c1c(Cl)nc(CCCC)n1Cc1ccc(-c2ccccc2-c2nnn(C(c3ccccc3)(c3ccccc3)c3ccccc3)n2)cc1. The van der Waals surface area contributed by atoms with Crippen molar-refractivity contribution in [3.8, 4) is 22.5 Å². The molecule has 0 aliphatic rings. The van der Waals surface area contributed by atoms with Crippen molar-refractivity contribution in [1.29, 1.82) is 0 Å². The lowest BCUT2D eigenvalue weighted by Crippen LogP contribution is -2.39. The zero-order valence-electron chi connectivity index (χ0n) is 26.9. The zero-order valence-corrected chi connectivity index (χ0v) is 27.6. The molecule has 48 heavy (non-hydrogen) atoms. The van der Waals surface area contributed by atoms with Gasteiger partial charge in [0, 0.05) is 18.5 Å². The van der Waals surface area contributed by atoms with Gasteiger partial charge in [0.1, 0.15) is 5.82 Å². The van der Waals surface area contributed by atoms with E-state index in [0.29, 0.717) is 17.5 Å². The number of rotatable bonds is 11. The van der Waals surface area contributed by atoms with Crippen LogP contribution < -0.4 is 0 Å². The fraction of sp³-hybridized carbons (Fsp3) is 0.146. The van der Waals surface area contributed by atoms with E-state index >= 15 is 0 Å². The van der Waals surface area contributed by atoms with Crippen LogP contribution in [0.1, 0.15) is 53.5 Å². The van der Waals surface area contributed by atoms with Crippen LogP contribution in [0.25, 0.3) is 22.5 Å². The molecule has 7 aromatic rings. The summed E-state index contributed by atoms with van der Waals surface area (Å²) in [6.07, 6.45) is 3.04. The Balaban J connectivity index is 1.28. The molecule has 6 nitrogen and oxygen atoms in total. The highest BCUT2D eigenvalue weighted by Gasteiger charge is 2.41. The van der Waals surface area contributed by atoms with Crippen LogP contribution >= 0.6 is 11.6 Å². The van der Waals surface area contributed by atoms with E-state index in [1.165, 1.54) is 0 Å². The summed E-state index contributed by atoms with van der Waals surface area (Å²) in [7, 11) is 0. The molecule has 0 N–H and O–H groups in total. The van der Waals surface area contributed by atoms with Gasteiger partial charge >= 0.3 is 0 Å². The molecule has 0 atom stereocenters. The molecule has 0 saturated carbocycles. The van der Waals surface area contributed by atoms with E-state index < -0.39 is 5.54 Å². The second kappa shape index (κ2) is 13.8. The summed E-state index contributed by atoms with van der Waals surface area (Å²) in [5.41, 5.74) is 7.18. The van der Waals surface area contributed by atoms with Crippen molar-refractivity contribution in [2.45, 2.75) is 38.3 Å². The molecule has 0 fully saturated rings. The van der Waals surface area contributed by atoms with Crippen molar-refractivity contribution in [3.05, 3.63) is 185 Å². The third kappa shape index (κ3) is 5.84. The largest absolute Gasteiger partial charge is 0.326 e. The summed E-state index contributed by atoms with van der Waals surface area (Å²) in [4.78, 5) is 6.34. The molecule has 0 bridgehead atoms. The standard InChI is InChI=1S/C41H36ClN6/c1-3-4-24-38-43-39(42)30(2)47(38)29-31-25-27-32(28-26-31)36-22-14-15-23-37(36)40-44-46-48(45-40)41(33-16-8-5-9-17-33,34-18-10-6-11-19-34)35-20-12-7-13-21-35/h5-23,25-28H,2-4,24,29H2,1H3. The van der Waals surface area contributed by atoms with E-state index in [4.69, 9.17) is 27.0 Å². The predicted octanol–water partition coefficient (Wildman–Crippen LogP) is 9.27. The number of imidazole rings is 1. The first-order valence-corrected chi connectivity index (χ1v) is 16.7. The van der Waals surface area contributed by atoms with E-state index in [1.807, 2.05) is 30.3 Å². The molecule has 237 valence electrons. The number of halogens is 1. The summed E-state index contributed by atoms with van der Waals surface area (Å²) in [6.45, 7) is 7.02. The highest BCUT2D eigenvalue weighted by molar-refractivity contribution is 6.30. The molecule has 0 unspecified atom stereocenters. The maximum absolute atomic E-state index is 6.38. The number of hydrogen-bond acceptors (Lipinski definition) is 4. The third-order valence-corrected chi connectivity index (χ3v) is 9.22. The van der Waals surface area contributed by atoms with Gasteiger partial charge < -0.3 is 4.57 Å². The molecule has 0 spiro atoms. The number of tetrazole rings is 1. The van der Waals surface area contributed by atoms with Crippen molar-refractivity contribution < 1.29 is 0 Å². The molecule has 0 amide bonds. The molecule has 7 rings (SSSR count). The van der Waals surface area contributed by atoms with Crippen LogP contribution in [0.3, 0.4) is 0 Å². The average molecular weight is 648 g/mol. The van der Waals surface area contributed by atoms with Gasteiger partial charge in [-0.2, -0.15) is 0 Å². The highest BCUT2D eigenvalue weighted by Crippen LogP contribution is 2.40. The highest BCUT2D eigenvalue weighted by atomic mass is 35.5. The number of aromatic nitrogens is 6. The van der Waals surface area contributed by atoms with Crippen LogP contribution in [0.4, 0.5) is 0 Å². The molecule has 0 saturated heterocycles. The average Bonchev–Trinajstić information content (AvgIpc) is 3.74. The zero-order chi connectivity index (χ0) is 32.9. The number of nitrogens with zero attached hydrogens (tertiary/aromatic N) is 6. The van der Waals surface area contributed by atoms with Gasteiger partial charge in [-0.25, -0.2) is 4.98 Å². The molecule has 2 aromatic heterocycles. The quantitative estimate of drug-likeness (QED) is 0.131. The Morgan fingerprint density at radius 3 is 1.79 bits per heavy atom. The Bertz CT molecular complexity index is 2010. The number of unbranched alkanes of at least 4 members (excludes halogenated alkanes) is 1. The topological polar surface area (TPSA) is 61.4 Å². The number of benzene rings is 5. The van der Waals surface area contributed by atoms with Gasteiger partial charge in [0.05, 0.1) is 5.69 Å². The minimum atomic E-state index is -0.842. The first-order valence-electron chi connectivity index (χ1n) is 16.3. The third-order valence-electron chi connectivity index (χ3n) is 8.92. The molecule has 7 heteroatoms. The first kappa shape index (κ1) is 31.3. The normalized spacial score (nSPS) is 11.6. The van der Waals surface area contributed by atoms with E-state index in [0.717, 1.165) is 69.7 Å². The molecule has 1 radical (unpaired) electrons. The molecular formula is C41H36ClN6. The van der Waals surface area contributed by atoms with E-state index in [-0.39, 0.29) is 0 Å². The molecular weight excluding hydrogens is 612 g/mol. The molecule has 2 heterocycles. The minimum absolute atomic E-state index is 0.475. The van der Waals surface area contributed by atoms with Crippen LogP contribution in [0.2, 0.25) is 5.15 Å². The minimum Gasteiger partial charge on any atom is -0.326 e. The van der Waals surface area contributed by atoms with E-state index in [1.54, 1.807) is 4.80 Å². The van der Waals surface area contributed by atoms with Crippen molar-refractivity contribution >= 4 is 11.6 Å². The van der Waals surface area contributed by atoms with Crippen LogP contribution in [0.15, 0.2) is 140 Å². The fourth-order valence-corrected chi connectivity index (χ4v) is 6.67. The molecule has 0 aliphatic carbocycles. The van der Waals surface area contributed by atoms with E-state index in [9.17, 15) is 0 Å². The van der Waals surface area contributed by atoms with Gasteiger partial charge in [-0.3, -0.25) is 0 Å². The van der Waals surface area contributed by atoms with Gasteiger partial charge in [-0.05, 0) is 51.9 Å². The van der Waals surface area contributed by atoms with Gasteiger partial charge in [-0.1, -0.05) is 164 Å². The van der Waals surface area contributed by atoms with Crippen molar-refractivity contribution in [3.63, 3.8) is 0 Å². The van der Waals surface area contributed by atoms with Crippen LogP contribution in [-0.4, -0.2) is 29.8 Å². The van der Waals surface area contributed by atoms with Crippen molar-refractivity contribution in [2.24, 2.45) is 0 Å². The van der Waals surface area contributed by atoms with Gasteiger partial charge in [0.15, 0.2) is 10.7 Å². The predicted molar refractivity (Wildman–Crippen MR) is 193 cm³/mol. The smallest absolute Gasteiger partial charge is 0.205 e. The van der Waals surface area contributed by atoms with Crippen molar-refractivity contribution in [2.75, 3.05) is 0 Å². The van der Waals surface area contributed by atoms with Crippen LogP contribution in [-0.2, 0) is 18.5 Å². The lowest BCUT2D eigenvalue weighted by molar-refractivity contribution is 0.396. The summed E-state index contributed by atoms with van der Waals surface area (Å²) in [6, 6.07) is 48.0. The summed E-state index contributed by atoms with van der Waals surface area (Å²) < 4.78 is 2.13. The first-order chi connectivity index (χ1) is 23.6. The maximum atomic E-state index is 6.38.